The van der Waals surface area contributed by atoms with Crippen LogP contribution in [-0.4, -0.2) is 41.0 Å². The lowest BCUT2D eigenvalue weighted by atomic mass is 9.84. The number of amides is 1. The van der Waals surface area contributed by atoms with Gasteiger partial charge in [-0.25, -0.2) is 4.98 Å². The smallest absolute Gasteiger partial charge is 0.252 e. The Labute approximate surface area is 209 Å². The maximum absolute atomic E-state index is 11.9. The second-order valence-corrected chi connectivity index (χ2v) is 9.98. The molecule has 1 spiro atoms. The Hall–Kier alpha value is -3.10. The molecule has 8 nitrogen and oxygen atoms in total. The number of hydrogen-bond donors (Lipinski definition) is 2. The highest BCUT2D eigenvalue weighted by Gasteiger charge is 2.47. The molecule has 1 amide bonds. The quantitative estimate of drug-likeness (QED) is 0.427. The molecule has 2 saturated carbocycles. The topological polar surface area (TPSA) is 104 Å². The summed E-state index contributed by atoms with van der Waals surface area (Å²) < 4.78 is 13.8. The fourth-order valence-corrected chi connectivity index (χ4v) is 6.03. The van der Waals surface area contributed by atoms with E-state index in [1.54, 1.807) is 20.3 Å². The van der Waals surface area contributed by atoms with Crippen molar-refractivity contribution < 1.29 is 14.3 Å². The lowest BCUT2D eigenvalue weighted by Gasteiger charge is -2.22. The van der Waals surface area contributed by atoms with Crippen LogP contribution in [-0.2, 0) is 4.74 Å². The number of rotatable bonds is 7. The number of nitrogens with one attached hydrogen (secondary N) is 1. The summed E-state index contributed by atoms with van der Waals surface area (Å²) in [6.07, 6.45) is 12.9. The van der Waals surface area contributed by atoms with Crippen molar-refractivity contribution in [2.24, 2.45) is 11.1 Å². The number of pyridine rings is 1. The van der Waals surface area contributed by atoms with Gasteiger partial charge in [-0.2, -0.15) is 5.10 Å². The molecule has 3 N–H and O–H groups in total. The van der Waals surface area contributed by atoms with E-state index in [0.717, 1.165) is 24.0 Å². The standard InChI is InChI=1S/C26H30ClN5O3/c1-34-22-12-26(8-3-4-9-26)11-21(22)32-15-16(13-30-32)17-6-5-7-19(24(17)35-2)31-20-10-23(27)29-14-18(20)25(28)33/h5-7,10,13-15,21-22H,3-4,8-9,11-12H2,1-2H3,(H2,28,33)(H,29,31)/t21-,22-/m1/s1. The van der Waals surface area contributed by atoms with Crippen LogP contribution in [0.2, 0.25) is 5.15 Å². The summed E-state index contributed by atoms with van der Waals surface area (Å²) in [6, 6.07) is 7.56. The van der Waals surface area contributed by atoms with E-state index in [1.807, 2.05) is 24.4 Å². The number of hydrogen-bond acceptors (Lipinski definition) is 6. The van der Waals surface area contributed by atoms with E-state index in [-0.39, 0.29) is 22.9 Å². The van der Waals surface area contributed by atoms with Gasteiger partial charge in [0.25, 0.3) is 5.91 Å². The highest BCUT2D eigenvalue weighted by molar-refractivity contribution is 6.29. The SMILES string of the molecule is COc1c(Nc2cc(Cl)ncc2C(N)=O)cccc1-c1cnn([C@@H]2CC3(CCCC3)C[C@H]2OC)c1. The normalized spacial score (nSPS) is 20.9. The summed E-state index contributed by atoms with van der Waals surface area (Å²) in [7, 11) is 3.42. The highest BCUT2D eigenvalue weighted by Crippen LogP contribution is 2.55. The minimum Gasteiger partial charge on any atom is -0.494 e. The van der Waals surface area contributed by atoms with E-state index in [0.29, 0.717) is 22.5 Å². The van der Waals surface area contributed by atoms with Crippen LogP contribution < -0.4 is 15.8 Å². The maximum atomic E-state index is 11.9. The number of carbonyl (C=O) groups excluding carboxylic acids is 1. The molecule has 1 aromatic carbocycles. The third-order valence-corrected chi connectivity index (χ3v) is 7.76. The van der Waals surface area contributed by atoms with Crippen LogP contribution in [0, 0.1) is 5.41 Å². The molecule has 0 radical (unpaired) electrons. The summed E-state index contributed by atoms with van der Waals surface area (Å²) in [5, 5.41) is 8.23. The average molecular weight is 496 g/mol. The first-order valence-electron chi connectivity index (χ1n) is 11.9. The van der Waals surface area contributed by atoms with E-state index in [4.69, 9.17) is 31.9 Å². The number of nitrogens with two attached hydrogens (primary N) is 1. The highest BCUT2D eigenvalue weighted by atomic mass is 35.5. The van der Waals surface area contributed by atoms with Crippen molar-refractivity contribution in [1.29, 1.82) is 0 Å². The summed E-state index contributed by atoms with van der Waals surface area (Å²) in [5.74, 6) is 0.0229. The molecule has 2 aliphatic rings. The predicted octanol–water partition coefficient (Wildman–Crippen LogP) is 5.36. The number of para-hydroxylation sites is 1. The van der Waals surface area contributed by atoms with Crippen molar-refractivity contribution in [1.82, 2.24) is 14.8 Å². The van der Waals surface area contributed by atoms with E-state index in [2.05, 4.69) is 21.2 Å². The van der Waals surface area contributed by atoms with Crippen LogP contribution in [0.4, 0.5) is 11.4 Å². The van der Waals surface area contributed by atoms with Gasteiger partial charge >= 0.3 is 0 Å². The fourth-order valence-electron chi connectivity index (χ4n) is 5.87. The second kappa shape index (κ2) is 9.51. The number of aromatic nitrogens is 3. The van der Waals surface area contributed by atoms with Crippen LogP contribution in [0.25, 0.3) is 11.1 Å². The largest absolute Gasteiger partial charge is 0.494 e. The van der Waals surface area contributed by atoms with E-state index >= 15 is 0 Å². The first-order valence-corrected chi connectivity index (χ1v) is 12.3. The predicted molar refractivity (Wildman–Crippen MR) is 135 cm³/mol. The van der Waals surface area contributed by atoms with Gasteiger partial charge in [-0.1, -0.05) is 36.6 Å². The van der Waals surface area contributed by atoms with Crippen molar-refractivity contribution >= 4 is 28.9 Å². The molecule has 5 rings (SSSR count). The minimum atomic E-state index is -0.600. The zero-order valence-corrected chi connectivity index (χ0v) is 20.7. The Balaban J connectivity index is 1.46. The summed E-state index contributed by atoms with van der Waals surface area (Å²) in [5.41, 5.74) is 9.10. The molecule has 9 heteroatoms. The second-order valence-electron chi connectivity index (χ2n) is 9.59. The number of benzene rings is 1. The number of methoxy groups -OCH3 is 2. The molecule has 2 aromatic heterocycles. The van der Waals surface area contributed by atoms with Crippen LogP contribution in [0.3, 0.4) is 0 Å². The number of halogens is 1. The molecule has 2 atom stereocenters. The van der Waals surface area contributed by atoms with Gasteiger partial charge in [0.1, 0.15) is 10.9 Å². The Morgan fingerprint density at radius 3 is 2.71 bits per heavy atom. The molecule has 35 heavy (non-hydrogen) atoms. The van der Waals surface area contributed by atoms with Crippen molar-refractivity contribution in [2.75, 3.05) is 19.5 Å². The first-order chi connectivity index (χ1) is 16.9. The lowest BCUT2D eigenvalue weighted by molar-refractivity contribution is 0.0659. The van der Waals surface area contributed by atoms with Gasteiger partial charge in [-0.15, -0.1) is 0 Å². The number of ether oxygens (including phenoxy) is 2. The molecule has 0 unspecified atom stereocenters. The summed E-state index contributed by atoms with van der Waals surface area (Å²) >= 11 is 6.07. The van der Waals surface area contributed by atoms with E-state index in [9.17, 15) is 4.79 Å². The van der Waals surface area contributed by atoms with E-state index in [1.165, 1.54) is 31.9 Å². The lowest BCUT2D eigenvalue weighted by Crippen LogP contribution is -2.20. The third-order valence-electron chi connectivity index (χ3n) is 7.55. The van der Waals surface area contributed by atoms with Crippen LogP contribution >= 0.6 is 11.6 Å². The summed E-state index contributed by atoms with van der Waals surface area (Å²) in [4.78, 5) is 15.8. The first kappa shape index (κ1) is 23.6. The van der Waals surface area contributed by atoms with Crippen LogP contribution in [0.5, 0.6) is 5.75 Å². The summed E-state index contributed by atoms with van der Waals surface area (Å²) in [6.45, 7) is 0. The average Bonchev–Trinajstić information content (AvgIpc) is 3.59. The van der Waals surface area contributed by atoms with Gasteiger partial charge in [0.15, 0.2) is 0 Å². The molecule has 3 aromatic rings. The number of primary amides is 1. The molecule has 0 aliphatic heterocycles. The van der Waals surface area contributed by atoms with E-state index < -0.39 is 5.91 Å². The maximum Gasteiger partial charge on any atom is 0.252 e. The van der Waals surface area contributed by atoms with Crippen molar-refractivity contribution in [2.45, 2.75) is 50.7 Å². The molecule has 2 fully saturated rings. The Morgan fingerprint density at radius 2 is 2.00 bits per heavy atom. The zero-order chi connectivity index (χ0) is 24.6. The molecule has 2 aliphatic carbocycles. The molecule has 0 bridgehead atoms. The van der Waals surface area contributed by atoms with Crippen molar-refractivity contribution in [3.8, 4) is 16.9 Å². The van der Waals surface area contributed by atoms with Crippen molar-refractivity contribution in [3.63, 3.8) is 0 Å². The molecular weight excluding hydrogens is 466 g/mol. The molecule has 184 valence electrons. The molecule has 0 saturated heterocycles. The zero-order valence-electron chi connectivity index (χ0n) is 20.0. The number of nitrogens with zero attached hydrogens (tertiary/aromatic N) is 3. The van der Waals surface area contributed by atoms with Crippen molar-refractivity contribution in [3.05, 3.63) is 53.6 Å². The van der Waals surface area contributed by atoms with Gasteiger partial charge in [-0.05, 0) is 43.2 Å². The number of anilines is 2. The Kier molecular flexibility index (Phi) is 6.42. The Bertz CT molecular complexity index is 1240. The number of carbonyl (C=O) groups is 1. The van der Waals surface area contributed by atoms with Crippen LogP contribution in [0.1, 0.15) is 54.9 Å². The minimum absolute atomic E-state index is 0.166. The van der Waals surface area contributed by atoms with Gasteiger partial charge in [0, 0.05) is 30.6 Å². The van der Waals surface area contributed by atoms with Gasteiger partial charge in [0.05, 0.1) is 42.4 Å². The fraction of sp³-hybridized carbons (Fsp3) is 0.423. The van der Waals surface area contributed by atoms with Gasteiger partial charge in [-0.3, -0.25) is 9.48 Å². The molecular formula is C26H30ClN5O3. The molecule has 2 heterocycles. The van der Waals surface area contributed by atoms with Gasteiger partial charge in [0.2, 0.25) is 0 Å². The third kappa shape index (κ3) is 4.48. The van der Waals surface area contributed by atoms with Gasteiger partial charge < -0.3 is 20.5 Å². The van der Waals surface area contributed by atoms with Crippen LogP contribution in [0.15, 0.2) is 42.9 Å². The Morgan fingerprint density at radius 1 is 1.20 bits per heavy atom. The monoisotopic (exact) mass is 495 g/mol.